The number of hydrogen-bond acceptors (Lipinski definition) is 4. The Kier molecular flexibility index (Phi) is 4.38. The van der Waals surface area contributed by atoms with Gasteiger partial charge in [0.2, 0.25) is 0 Å². The second kappa shape index (κ2) is 6.51. The molecule has 3 rings (SSSR count). The van der Waals surface area contributed by atoms with Crippen LogP contribution in [0.25, 0.3) is 0 Å². The number of rotatable bonds is 3. The largest absolute Gasteiger partial charge is 0.508 e. The summed E-state index contributed by atoms with van der Waals surface area (Å²) in [6, 6.07) is 10.2. The molecule has 1 aliphatic heterocycles. The number of carbonyl (C=O) groups excluding carboxylic acids is 3. The van der Waals surface area contributed by atoms with Crippen molar-refractivity contribution in [3.8, 4) is 5.75 Å². The van der Waals surface area contributed by atoms with Crippen molar-refractivity contribution in [1.29, 1.82) is 0 Å². The van der Waals surface area contributed by atoms with E-state index in [-0.39, 0.29) is 29.2 Å². The predicted molar refractivity (Wildman–Crippen MR) is 97.6 cm³/mol. The van der Waals surface area contributed by atoms with Gasteiger partial charge in [-0.1, -0.05) is 0 Å². The van der Waals surface area contributed by atoms with Gasteiger partial charge in [0.25, 0.3) is 11.8 Å². The van der Waals surface area contributed by atoms with Crippen LogP contribution in [0.5, 0.6) is 5.75 Å². The van der Waals surface area contributed by atoms with E-state index >= 15 is 0 Å². The Bertz CT molecular complexity index is 890. The highest BCUT2D eigenvalue weighted by Gasteiger charge is 2.37. The van der Waals surface area contributed by atoms with Gasteiger partial charge in [-0.3, -0.25) is 19.4 Å². The summed E-state index contributed by atoms with van der Waals surface area (Å²) in [5.74, 6) is -0.568. The van der Waals surface area contributed by atoms with Crippen LogP contribution in [0.3, 0.4) is 0 Å². The minimum Gasteiger partial charge on any atom is -0.508 e. The quantitative estimate of drug-likeness (QED) is 0.830. The lowest BCUT2D eigenvalue weighted by Crippen LogP contribution is -2.35. The molecule has 0 saturated heterocycles. The van der Waals surface area contributed by atoms with Crippen molar-refractivity contribution < 1.29 is 19.5 Å². The molecule has 26 heavy (non-hydrogen) atoms. The number of hydrogen-bond donors (Lipinski definition) is 2. The molecule has 2 N–H and O–H groups in total. The van der Waals surface area contributed by atoms with Crippen LogP contribution in [0.2, 0.25) is 0 Å². The normalized spacial score (nSPS) is 13.2. The first-order valence-electron chi connectivity index (χ1n) is 8.15. The molecule has 134 valence electrons. The molecule has 0 unspecified atom stereocenters. The van der Waals surface area contributed by atoms with Crippen LogP contribution >= 0.6 is 0 Å². The third-order valence-electron chi connectivity index (χ3n) is 4.23. The number of fused-ring (bicyclic) bond motifs is 1. The maximum absolute atomic E-state index is 12.4. The fourth-order valence-corrected chi connectivity index (χ4v) is 2.81. The predicted octanol–water partition coefficient (Wildman–Crippen LogP) is 3.06. The highest BCUT2D eigenvalue weighted by molar-refractivity contribution is 6.22. The molecule has 0 fully saturated rings. The third-order valence-corrected chi connectivity index (χ3v) is 4.23. The lowest BCUT2D eigenvalue weighted by atomic mass is 10.1. The fraction of sp³-hybridized carbons (Fsp3) is 0.211. The monoisotopic (exact) mass is 353 g/mol. The zero-order valence-electron chi connectivity index (χ0n) is 14.7. The molecule has 0 spiro atoms. The smallest absolute Gasteiger partial charge is 0.326 e. The van der Waals surface area contributed by atoms with Crippen molar-refractivity contribution in [2.24, 2.45) is 0 Å². The number of amides is 4. The molecule has 0 bridgehead atoms. The maximum atomic E-state index is 12.4. The summed E-state index contributed by atoms with van der Waals surface area (Å²) in [6.45, 7) is 3.55. The summed E-state index contributed by atoms with van der Waals surface area (Å²) in [6.07, 6.45) is 0. The number of benzene rings is 2. The molecule has 0 saturated carbocycles. The van der Waals surface area contributed by atoms with Gasteiger partial charge in [-0.05, 0) is 56.3 Å². The second-order valence-electron chi connectivity index (χ2n) is 6.34. The number of carbonyl (C=O) groups is 3. The molecule has 4 amide bonds. The van der Waals surface area contributed by atoms with E-state index in [1.54, 1.807) is 45.2 Å². The summed E-state index contributed by atoms with van der Waals surface area (Å²) in [4.78, 5) is 39.7. The van der Waals surface area contributed by atoms with Crippen LogP contribution in [-0.2, 0) is 0 Å². The molecule has 0 aromatic heterocycles. The average molecular weight is 353 g/mol. The van der Waals surface area contributed by atoms with E-state index in [2.05, 4.69) is 5.32 Å². The summed E-state index contributed by atoms with van der Waals surface area (Å²) in [5, 5.41) is 12.0. The first-order chi connectivity index (χ1) is 12.3. The molecule has 0 radical (unpaired) electrons. The average Bonchev–Trinajstić information content (AvgIpc) is 2.85. The lowest BCUT2D eigenvalue weighted by Gasteiger charge is -2.18. The van der Waals surface area contributed by atoms with Gasteiger partial charge in [-0.15, -0.1) is 0 Å². The Morgan fingerprint density at radius 2 is 1.65 bits per heavy atom. The van der Waals surface area contributed by atoms with Crippen LogP contribution in [0, 0.1) is 0 Å². The number of nitrogens with zero attached hydrogens (tertiary/aromatic N) is 2. The Balaban J connectivity index is 1.80. The van der Waals surface area contributed by atoms with Crippen LogP contribution in [-0.4, -0.2) is 40.9 Å². The number of urea groups is 1. The number of phenolic OH excluding ortho intramolecular Hbond substituents is 1. The zero-order valence-corrected chi connectivity index (χ0v) is 14.7. The van der Waals surface area contributed by atoms with Crippen LogP contribution in [0.4, 0.5) is 16.2 Å². The molecule has 0 atom stereocenters. The summed E-state index contributed by atoms with van der Waals surface area (Å²) in [7, 11) is 1.59. The van der Waals surface area contributed by atoms with Crippen molar-refractivity contribution in [1.82, 2.24) is 4.90 Å². The van der Waals surface area contributed by atoms with Gasteiger partial charge in [0.05, 0.1) is 11.1 Å². The number of imide groups is 1. The summed E-state index contributed by atoms with van der Waals surface area (Å²) < 4.78 is 0. The van der Waals surface area contributed by atoms with Crippen molar-refractivity contribution in [2.75, 3.05) is 17.3 Å². The zero-order chi connectivity index (χ0) is 19.0. The third kappa shape index (κ3) is 2.99. The Morgan fingerprint density at radius 3 is 2.27 bits per heavy atom. The molecule has 0 aliphatic carbocycles. The van der Waals surface area contributed by atoms with Gasteiger partial charge in [0, 0.05) is 24.5 Å². The number of nitrogens with one attached hydrogen (secondary N) is 1. The Labute approximate surface area is 150 Å². The van der Waals surface area contributed by atoms with E-state index < -0.39 is 6.03 Å². The molecule has 2 aromatic carbocycles. The highest BCUT2D eigenvalue weighted by Crippen LogP contribution is 2.27. The molecule has 1 aliphatic rings. The van der Waals surface area contributed by atoms with Crippen LogP contribution < -0.4 is 10.2 Å². The number of aromatic hydroxyl groups is 1. The van der Waals surface area contributed by atoms with Crippen molar-refractivity contribution in [3.63, 3.8) is 0 Å². The van der Waals surface area contributed by atoms with Crippen molar-refractivity contribution >= 4 is 29.2 Å². The second-order valence-corrected chi connectivity index (χ2v) is 6.34. The molecular weight excluding hydrogens is 334 g/mol. The molecule has 1 heterocycles. The van der Waals surface area contributed by atoms with Gasteiger partial charge in [-0.25, -0.2) is 4.79 Å². The van der Waals surface area contributed by atoms with Crippen LogP contribution in [0.15, 0.2) is 42.5 Å². The summed E-state index contributed by atoms with van der Waals surface area (Å²) >= 11 is 0. The van der Waals surface area contributed by atoms with Crippen LogP contribution in [0.1, 0.15) is 34.6 Å². The first-order valence-corrected chi connectivity index (χ1v) is 8.15. The molecule has 7 heteroatoms. The van der Waals surface area contributed by atoms with Gasteiger partial charge in [0.1, 0.15) is 5.75 Å². The van der Waals surface area contributed by atoms with E-state index in [9.17, 15) is 19.5 Å². The van der Waals surface area contributed by atoms with E-state index in [1.807, 2.05) is 0 Å². The van der Waals surface area contributed by atoms with E-state index in [4.69, 9.17) is 0 Å². The van der Waals surface area contributed by atoms with Gasteiger partial charge in [-0.2, -0.15) is 0 Å². The maximum Gasteiger partial charge on any atom is 0.326 e. The molecule has 7 nitrogen and oxygen atoms in total. The molecular formula is C19H19N3O4. The summed E-state index contributed by atoms with van der Waals surface area (Å²) in [5.41, 5.74) is 1.65. The fourth-order valence-electron chi connectivity index (χ4n) is 2.81. The Hall–Kier alpha value is -3.35. The van der Waals surface area contributed by atoms with E-state index in [0.29, 0.717) is 16.9 Å². The van der Waals surface area contributed by atoms with Gasteiger partial charge in [0.15, 0.2) is 0 Å². The standard InChI is InChI=1S/C19H19N3O4/c1-11(2)22-17(24)15-9-4-12(10-16(15)18(22)25)20-19(26)21(3)13-5-7-14(23)8-6-13/h4-11,23H,1-3H3,(H,20,26). The highest BCUT2D eigenvalue weighted by atomic mass is 16.3. The van der Waals surface area contributed by atoms with Gasteiger partial charge >= 0.3 is 6.03 Å². The first kappa shape index (κ1) is 17.5. The lowest BCUT2D eigenvalue weighted by molar-refractivity contribution is 0.0609. The number of phenols is 1. The number of anilines is 2. The SMILES string of the molecule is CC(C)N1C(=O)c2ccc(NC(=O)N(C)c3ccc(O)cc3)cc2C1=O. The Morgan fingerprint density at radius 1 is 1.04 bits per heavy atom. The van der Waals surface area contributed by atoms with E-state index in [0.717, 1.165) is 0 Å². The van der Waals surface area contributed by atoms with Crippen molar-refractivity contribution in [3.05, 3.63) is 53.6 Å². The van der Waals surface area contributed by atoms with Crippen molar-refractivity contribution in [2.45, 2.75) is 19.9 Å². The topological polar surface area (TPSA) is 90.0 Å². The van der Waals surface area contributed by atoms with Gasteiger partial charge < -0.3 is 10.4 Å². The molecule has 2 aromatic rings. The minimum absolute atomic E-state index is 0.110. The van der Waals surface area contributed by atoms with E-state index in [1.165, 1.54) is 28.0 Å². The minimum atomic E-state index is -0.409.